The van der Waals surface area contributed by atoms with Crippen LogP contribution >= 0.6 is 11.6 Å². The Morgan fingerprint density at radius 1 is 1.25 bits per heavy atom. The molecule has 2 saturated carbocycles. The van der Waals surface area contributed by atoms with Gasteiger partial charge in [-0.25, -0.2) is 0 Å². The molecule has 2 fully saturated rings. The highest BCUT2D eigenvalue weighted by Gasteiger charge is 2.24. The van der Waals surface area contributed by atoms with Gasteiger partial charge in [-0.05, 0) is 82.1 Å². The lowest BCUT2D eigenvalue weighted by Crippen LogP contribution is -2.30. The first kappa shape index (κ1) is 24.7. The third-order valence-electron chi connectivity index (χ3n) is 5.01. The van der Waals surface area contributed by atoms with Crippen LogP contribution in [0.1, 0.15) is 88.8 Å². The number of amides is 1. The van der Waals surface area contributed by atoms with E-state index in [1.165, 1.54) is 48.8 Å². The minimum Gasteiger partial charge on any atom is -0.390 e. The minimum absolute atomic E-state index is 0.0971. The van der Waals surface area contributed by atoms with Crippen molar-refractivity contribution in [3.63, 3.8) is 0 Å². The molecule has 0 bridgehead atoms. The Labute approximate surface area is 176 Å². The van der Waals surface area contributed by atoms with E-state index in [-0.39, 0.29) is 12.3 Å². The smallest absolute Gasteiger partial charge is 0.226 e. The van der Waals surface area contributed by atoms with Crippen molar-refractivity contribution in [1.29, 1.82) is 0 Å². The molecule has 2 aliphatic carbocycles. The number of nitrogens with one attached hydrogen (secondary N) is 1. The maximum atomic E-state index is 10.9. The van der Waals surface area contributed by atoms with Gasteiger partial charge in [-0.3, -0.25) is 4.79 Å². The van der Waals surface area contributed by atoms with Gasteiger partial charge in [0.1, 0.15) is 0 Å². The topological polar surface area (TPSA) is 49.3 Å². The zero-order chi connectivity index (χ0) is 21.5. The number of carbonyl (C=O) groups is 1. The first-order valence-corrected chi connectivity index (χ1v) is 10.7. The van der Waals surface area contributed by atoms with Crippen LogP contribution in [0.3, 0.4) is 0 Å². The minimum atomic E-state index is -0.945. The average Bonchev–Trinajstić information content (AvgIpc) is 3.33. The van der Waals surface area contributed by atoms with Crippen molar-refractivity contribution >= 4 is 17.5 Å². The van der Waals surface area contributed by atoms with E-state index in [2.05, 4.69) is 44.8 Å². The highest BCUT2D eigenvalue weighted by atomic mass is 35.5. The molecular weight excluding hydrogens is 370 g/mol. The summed E-state index contributed by atoms with van der Waals surface area (Å²) < 4.78 is 0. The van der Waals surface area contributed by atoms with Crippen molar-refractivity contribution in [3.05, 3.63) is 46.1 Å². The highest BCUT2D eigenvalue weighted by molar-refractivity contribution is 6.31. The summed E-state index contributed by atoms with van der Waals surface area (Å²) in [6, 6.07) is 4.40. The van der Waals surface area contributed by atoms with E-state index in [0.717, 1.165) is 16.9 Å². The second-order valence-corrected chi connectivity index (χ2v) is 9.48. The van der Waals surface area contributed by atoms with Crippen molar-refractivity contribution in [2.75, 3.05) is 0 Å². The van der Waals surface area contributed by atoms with Crippen LogP contribution in [0.4, 0.5) is 0 Å². The van der Waals surface area contributed by atoms with Crippen molar-refractivity contribution in [2.45, 2.75) is 91.6 Å². The maximum absolute atomic E-state index is 10.9. The van der Waals surface area contributed by atoms with Crippen LogP contribution in [0.25, 0.3) is 0 Å². The van der Waals surface area contributed by atoms with Crippen molar-refractivity contribution < 1.29 is 9.90 Å². The fourth-order valence-electron chi connectivity index (χ4n) is 2.78. The van der Waals surface area contributed by atoms with Gasteiger partial charge in [0.05, 0.1) is 12.0 Å². The third kappa shape index (κ3) is 10.3. The molecule has 4 heteroatoms. The summed E-state index contributed by atoms with van der Waals surface area (Å²) in [5.74, 6) is 1.67. The third-order valence-corrected chi connectivity index (χ3v) is 5.41. The zero-order valence-electron chi connectivity index (χ0n) is 18.5. The molecule has 0 spiro atoms. The molecule has 0 aliphatic heterocycles. The van der Waals surface area contributed by atoms with Crippen LogP contribution < -0.4 is 5.32 Å². The van der Waals surface area contributed by atoms with Gasteiger partial charge < -0.3 is 10.4 Å². The lowest BCUT2D eigenvalue weighted by atomic mass is 9.88. The molecule has 0 atom stereocenters. The Morgan fingerprint density at radius 3 is 2.11 bits per heavy atom. The summed E-state index contributed by atoms with van der Waals surface area (Å²) in [6.07, 6.45) is 7.25. The van der Waals surface area contributed by atoms with Gasteiger partial charge in [-0.2, -0.15) is 0 Å². The second-order valence-electron chi connectivity index (χ2n) is 9.07. The standard InChI is InChI=1S/C11H13Cl.C8H15NO2.C5H10/c1-7-5-10(9-3-4-9)6-11(12)8(7)2;1-6(2)9-7(10)5-8(3,4)11;1-5-3-2-4-5/h5-6,9H,3-4H2,1-2H3;11H,1,5H2,2-4H3,(H,9,10);5H,2-4H2,1H3. The van der Waals surface area contributed by atoms with Crippen LogP contribution in [-0.4, -0.2) is 16.6 Å². The first-order valence-electron chi connectivity index (χ1n) is 10.3. The Balaban J connectivity index is 0.000000227. The molecular formula is C24H38ClNO2. The number of hydrogen-bond acceptors (Lipinski definition) is 2. The number of carbonyl (C=O) groups excluding carboxylic acids is 1. The van der Waals surface area contributed by atoms with Gasteiger partial charge in [0.25, 0.3) is 0 Å². The summed E-state index contributed by atoms with van der Waals surface area (Å²) in [6.45, 7) is 14.9. The molecule has 1 amide bonds. The van der Waals surface area contributed by atoms with Gasteiger partial charge in [0, 0.05) is 10.7 Å². The van der Waals surface area contributed by atoms with Crippen LogP contribution in [0, 0.1) is 19.8 Å². The van der Waals surface area contributed by atoms with E-state index >= 15 is 0 Å². The second kappa shape index (κ2) is 11.0. The maximum Gasteiger partial charge on any atom is 0.226 e. The molecule has 158 valence electrons. The molecule has 0 heterocycles. The normalized spacial score (nSPS) is 16.0. The number of aryl methyl sites for hydroxylation is 1. The van der Waals surface area contributed by atoms with Crippen LogP contribution in [0.5, 0.6) is 0 Å². The van der Waals surface area contributed by atoms with Gasteiger partial charge >= 0.3 is 0 Å². The molecule has 1 aromatic rings. The Morgan fingerprint density at radius 2 is 1.79 bits per heavy atom. The van der Waals surface area contributed by atoms with Gasteiger partial charge in [0.15, 0.2) is 0 Å². The van der Waals surface area contributed by atoms with E-state index in [0.29, 0.717) is 5.70 Å². The van der Waals surface area contributed by atoms with E-state index in [1.54, 1.807) is 20.8 Å². The van der Waals surface area contributed by atoms with Crippen molar-refractivity contribution in [3.8, 4) is 0 Å². The van der Waals surface area contributed by atoms with Gasteiger partial charge in [-0.15, -0.1) is 0 Å². The largest absolute Gasteiger partial charge is 0.390 e. The van der Waals surface area contributed by atoms with Crippen molar-refractivity contribution in [2.24, 2.45) is 5.92 Å². The van der Waals surface area contributed by atoms with Crippen LogP contribution in [0.2, 0.25) is 5.02 Å². The Bertz CT molecular complexity index is 645. The molecule has 3 nitrogen and oxygen atoms in total. The number of allylic oxidation sites excluding steroid dienone is 1. The lowest BCUT2D eigenvalue weighted by Gasteiger charge is -2.18. The number of aliphatic hydroxyl groups is 1. The summed E-state index contributed by atoms with van der Waals surface area (Å²) in [5, 5.41) is 12.6. The van der Waals surface area contributed by atoms with Gasteiger partial charge in [0.2, 0.25) is 5.91 Å². The SMILES string of the molecule is C=C(C)NC(=O)CC(C)(C)O.CC1CCC1.Cc1cc(C2CC2)cc(Cl)c1C. The molecule has 0 aromatic heterocycles. The fourth-order valence-corrected chi connectivity index (χ4v) is 3.06. The summed E-state index contributed by atoms with van der Waals surface area (Å²) >= 11 is 6.09. The average molecular weight is 408 g/mol. The molecule has 0 saturated heterocycles. The Hall–Kier alpha value is -1.32. The van der Waals surface area contributed by atoms with E-state index in [1.807, 2.05) is 0 Å². The molecule has 1 aromatic carbocycles. The number of benzene rings is 1. The van der Waals surface area contributed by atoms with Crippen LogP contribution in [-0.2, 0) is 4.79 Å². The molecule has 3 rings (SSSR count). The molecule has 2 aliphatic rings. The predicted octanol–water partition coefficient (Wildman–Crippen LogP) is 6.44. The molecule has 2 N–H and O–H groups in total. The Kier molecular flexibility index (Phi) is 9.73. The molecule has 28 heavy (non-hydrogen) atoms. The highest BCUT2D eigenvalue weighted by Crippen LogP contribution is 2.41. The number of hydrogen-bond donors (Lipinski definition) is 2. The van der Waals surface area contributed by atoms with Crippen molar-refractivity contribution in [1.82, 2.24) is 5.32 Å². The molecule has 0 unspecified atom stereocenters. The summed E-state index contributed by atoms with van der Waals surface area (Å²) in [4.78, 5) is 10.9. The predicted molar refractivity (Wildman–Crippen MR) is 120 cm³/mol. The number of rotatable bonds is 4. The quantitative estimate of drug-likeness (QED) is 0.603. The lowest BCUT2D eigenvalue weighted by molar-refractivity contribution is -0.124. The van der Waals surface area contributed by atoms with E-state index in [4.69, 9.17) is 11.6 Å². The van der Waals surface area contributed by atoms with Gasteiger partial charge in [-0.1, -0.05) is 50.4 Å². The number of halogens is 1. The summed E-state index contributed by atoms with van der Waals surface area (Å²) in [5.41, 5.74) is 3.63. The molecule has 0 radical (unpaired) electrons. The monoisotopic (exact) mass is 407 g/mol. The van der Waals surface area contributed by atoms with E-state index in [9.17, 15) is 9.90 Å². The fraction of sp³-hybridized carbons (Fsp3) is 0.625. The van der Waals surface area contributed by atoms with Crippen LogP contribution in [0.15, 0.2) is 24.4 Å². The van der Waals surface area contributed by atoms with E-state index < -0.39 is 5.60 Å². The zero-order valence-corrected chi connectivity index (χ0v) is 19.2. The first-order chi connectivity index (χ1) is 12.9. The summed E-state index contributed by atoms with van der Waals surface area (Å²) in [7, 11) is 0.